The highest BCUT2D eigenvalue weighted by atomic mass is 16.5. The summed E-state index contributed by atoms with van der Waals surface area (Å²) in [4.78, 5) is 26.5. The van der Waals surface area contributed by atoms with Crippen molar-refractivity contribution < 1.29 is 19.4 Å². The van der Waals surface area contributed by atoms with Gasteiger partial charge in [-0.2, -0.15) is 0 Å². The van der Waals surface area contributed by atoms with Crippen molar-refractivity contribution in [2.75, 3.05) is 46.9 Å². The van der Waals surface area contributed by atoms with Crippen molar-refractivity contribution in [1.29, 1.82) is 0 Å². The highest BCUT2D eigenvalue weighted by Gasteiger charge is 2.31. The molecule has 0 aliphatic carbocycles. The number of amides is 2. The standard InChI is InChI=1S/C13H25N3O4/c1-15(2)8-10-20-9-6-14-13(19)16-7-4-3-5-11(16)12(17)18/h11H,3-10H2,1-2H3,(H,14,19)(H,17,18). The van der Waals surface area contributed by atoms with Crippen LogP contribution in [0.5, 0.6) is 0 Å². The summed E-state index contributed by atoms with van der Waals surface area (Å²) in [7, 11) is 3.93. The zero-order valence-corrected chi connectivity index (χ0v) is 12.3. The third-order valence-corrected chi connectivity index (χ3v) is 3.25. The van der Waals surface area contributed by atoms with Gasteiger partial charge < -0.3 is 25.0 Å². The number of carbonyl (C=O) groups is 2. The molecule has 0 spiro atoms. The molecule has 116 valence electrons. The number of nitrogens with one attached hydrogen (secondary N) is 1. The number of carboxylic acid groups (broad SMARTS) is 1. The molecule has 0 radical (unpaired) electrons. The van der Waals surface area contributed by atoms with Gasteiger partial charge in [0.25, 0.3) is 0 Å². The maximum absolute atomic E-state index is 11.9. The highest BCUT2D eigenvalue weighted by Crippen LogP contribution is 2.17. The summed E-state index contributed by atoms with van der Waals surface area (Å²) in [5, 5.41) is 11.8. The van der Waals surface area contributed by atoms with Crippen LogP contribution in [-0.2, 0) is 9.53 Å². The van der Waals surface area contributed by atoms with Gasteiger partial charge in [-0.25, -0.2) is 9.59 Å². The summed E-state index contributed by atoms with van der Waals surface area (Å²) >= 11 is 0. The van der Waals surface area contributed by atoms with Crippen LogP contribution < -0.4 is 5.32 Å². The average molecular weight is 287 g/mol. The van der Waals surface area contributed by atoms with Crippen molar-refractivity contribution in [1.82, 2.24) is 15.1 Å². The van der Waals surface area contributed by atoms with Crippen molar-refractivity contribution in [3.63, 3.8) is 0 Å². The van der Waals surface area contributed by atoms with Crippen LogP contribution in [0.2, 0.25) is 0 Å². The number of carbonyl (C=O) groups excluding carboxylic acids is 1. The fourth-order valence-corrected chi connectivity index (χ4v) is 2.11. The van der Waals surface area contributed by atoms with Crippen LogP contribution in [0.25, 0.3) is 0 Å². The molecule has 1 saturated heterocycles. The molecule has 7 heteroatoms. The Morgan fingerprint density at radius 1 is 1.35 bits per heavy atom. The lowest BCUT2D eigenvalue weighted by Crippen LogP contribution is -2.52. The maximum Gasteiger partial charge on any atom is 0.326 e. The van der Waals surface area contributed by atoms with Crippen molar-refractivity contribution >= 4 is 12.0 Å². The van der Waals surface area contributed by atoms with Crippen LogP contribution in [-0.4, -0.2) is 79.9 Å². The Bertz CT molecular complexity index is 323. The molecule has 0 aromatic rings. The number of likely N-dealkylation sites (N-methyl/N-ethyl adjacent to an activating group) is 1. The van der Waals surface area contributed by atoms with E-state index in [4.69, 9.17) is 9.84 Å². The third kappa shape index (κ3) is 5.75. The lowest BCUT2D eigenvalue weighted by Gasteiger charge is -2.32. The maximum atomic E-state index is 11.9. The Kier molecular flexibility index (Phi) is 7.32. The molecule has 0 saturated carbocycles. The quantitative estimate of drug-likeness (QED) is 0.654. The van der Waals surface area contributed by atoms with Gasteiger partial charge in [0.1, 0.15) is 6.04 Å². The van der Waals surface area contributed by atoms with E-state index in [-0.39, 0.29) is 6.03 Å². The minimum Gasteiger partial charge on any atom is -0.480 e. The first kappa shape index (κ1) is 16.7. The molecule has 2 amide bonds. The molecule has 7 nitrogen and oxygen atoms in total. The van der Waals surface area contributed by atoms with E-state index in [1.54, 1.807) is 0 Å². The Hall–Kier alpha value is -1.34. The summed E-state index contributed by atoms with van der Waals surface area (Å²) in [6.45, 7) is 2.79. The van der Waals surface area contributed by atoms with E-state index < -0.39 is 12.0 Å². The Labute approximate surface area is 119 Å². The summed E-state index contributed by atoms with van der Waals surface area (Å²) < 4.78 is 5.37. The van der Waals surface area contributed by atoms with Gasteiger partial charge >= 0.3 is 12.0 Å². The number of rotatable bonds is 7. The van der Waals surface area contributed by atoms with E-state index in [1.165, 1.54) is 4.90 Å². The molecule has 0 aromatic carbocycles. The Morgan fingerprint density at radius 2 is 2.10 bits per heavy atom. The van der Waals surface area contributed by atoms with Gasteiger partial charge in [-0.3, -0.25) is 0 Å². The van der Waals surface area contributed by atoms with Crippen LogP contribution in [0.4, 0.5) is 4.79 Å². The van der Waals surface area contributed by atoms with Gasteiger partial charge in [0.2, 0.25) is 0 Å². The second-order valence-corrected chi connectivity index (χ2v) is 5.19. The first-order valence-electron chi connectivity index (χ1n) is 7.02. The van der Waals surface area contributed by atoms with E-state index in [9.17, 15) is 9.59 Å². The first-order chi connectivity index (χ1) is 9.52. The molecular weight excluding hydrogens is 262 g/mol. The van der Waals surface area contributed by atoms with Crippen LogP contribution in [0.15, 0.2) is 0 Å². The normalized spacial score (nSPS) is 19.1. The number of nitrogens with zero attached hydrogens (tertiary/aromatic N) is 2. The van der Waals surface area contributed by atoms with Gasteiger partial charge in [0, 0.05) is 19.6 Å². The third-order valence-electron chi connectivity index (χ3n) is 3.25. The molecule has 0 aromatic heterocycles. The summed E-state index contributed by atoms with van der Waals surface area (Å²) in [6, 6.07) is -1.01. The molecule has 1 aliphatic heterocycles. The number of aliphatic carboxylic acids is 1. The first-order valence-corrected chi connectivity index (χ1v) is 7.02. The lowest BCUT2D eigenvalue weighted by molar-refractivity contribution is -0.143. The molecular formula is C13H25N3O4. The molecule has 1 aliphatic rings. The van der Waals surface area contributed by atoms with Gasteiger partial charge in [-0.05, 0) is 33.4 Å². The van der Waals surface area contributed by atoms with Gasteiger partial charge in [0.05, 0.1) is 13.2 Å². The lowest BCUT2D eigenvalue weighted by atomic mass is 10.0. The topological polar surface area (TPSA) is 82.1 Å². The van der Waals surface area contributed by atoms with Crippen LogP contribution in [0.3, 0.4) is 0 Å². The second kappa shape index (κ2) is 8.76. The number of likely N-dealkylation sites (tertiary alicyclic amines) is 1. The SMILES string of the molecule is CN(C)CCOCCNC(=O)N1CCCCC1C(=O)O. The predicted molar refractivity (Wildman–Crippen MR) is 74.8 cm³/mol. The van der Waals surface area contributed by atoms with E-state index in [0.717, 1.165) is 19.4 Å². The van der Waals surface area contributed by atoms with Crippen LogP contribution >= 0.6 is 0 Å². The van der Waals surface area contributed by atoms with Crippen molar-refractivity contribution in [3.8, 4) is 0 Å². The van der Waals surface area contributed by atoms with E-state index >= 15 is 0 Å². The highest BCUT2D eigenvalue weighted by molar-refractivity contribution is 5.82. The number of hydrogen-bond donors (Lipinski definition) is 2. The largest absolute Gasteiger partial charge is 0.480 e. The van der Waals surface area contributed by atoms with Gasteiger partial charge in [-0.15, -0.1) is 0 Å². The molecule has 1 heterocycles. The molecule has 1 unspecified atom stereocenters. The van der Waals surface area contributed by atoms with Gasteiger partial charge in [0.15, 0.2) is 0 Å². The number of carboxylic acids is 1. The van der Waals surface area contributed by atoms with E-state index in [2.05, 4.69) is 5.32 Å². The van der Waals surface area contributed by atoms with Crippen LogP contribution in [0.1, 0.15) is 19.3 Å². The monoisotopic (exact) mass is 287 g/mol. The van der Waals surface area contributed by atoms with Crippen LogP contribution in [0, 0.1) is 0 Å². The number of urea groups is 1. The zero-order chi connectivity index (χ0) is 15.0. The molecule has 0 bridgehead atoms. The molecule has 20 heavy (non-hydrogen) atoms. The summed E-state index contributed by atoms with van der Waals surface area (Å²) in [6.07, 6.45) is 2.24. The molecule has 1 fully saturated rings. The number of ether oxygens (including phenoxy) is 1. The van der Waals surface area contributed by atoms with Crippen molar-refractivity contribution in [2.24, 2.45) is 0 Å². The molecule has 2 N–H and O–H groups in total. The summed E-state index contributed by atoms with van der Waals surface area (Å²) in [5.74, 6) is -0.929. The second-order valence-electron chi connectivity index (χ2n) is 5.19. The van der Waals surface area contributed by atoms with Crippen molar-refractivity contribution in [2.45, 2.75) is 25.3 Å². The fourth-order valence-electron chi connectivity index (χ4n) is 2.11. The minimum absolute atomic E-state index is 0.312. The Balaban J connectivity index is 2.22. The fraction of sp³-hybridized carbons (Fsp3) is 0.846. The molecule has 1 atom stereocenters. The van der Waals surface area contributed by atoms with Crippen molar-refractivity contribution in [3.05, 3.63) is 0 Å². The van der Waals surface area contributed by atoms with Gasteiger partial charge in [-0.1, -0.05) is 0 Å². The smallest absolute Gasteiger partial charge is 0.326 e. The average Bonchev–Trinajstić information content (AvgIpc) is 2.42. The number of hydrogen-bond acceptors (Lipinski definition) is 4. The molecule has 1 rings (SSSR count). The van der Waals surface area contributed by atoms with E-state index in [0.29, 0.717) is 32.7 Å². The minimum atomic E-state index is -0.929. The number of piperidine rings is 1. The zero-order valence-electron chi connectivity index (χ0n) is 12.3. The predicted octanol–water partition coefficient (Wildman–Crippen LogP) is 0.213. The Morgan fingerprint density at radius 3 is 2.75 bits per heavy atom. The van der Waals surface area contributed by atoms with E-state index in [1.807, 2.05) is 19.0 Å². The summed E-state index contributed by atoms with van der Waals surface area (Å²) in [5.41, 5.74) is 0.